The minimum atomic E-state index is -0.273. The van der Waals surface area contributed by atoms with Crippen molar-refractivity contribution in [3.63, 3.8) is 0 Å². The Kier molecular flexibility index (Phi) is 5.99. The fourth-order valence-corrected chi connectivity index (χ4v) is 3.55. The summed E-state index contributed by atoms with van der Waals surface area (Å²) in [6, 6.07) is 6.12. The van der Waals surface area contributed by atoms with Crippen LogP contribution in [-0.2, 0) is 11.3 Å². The molecule has 0 saturated carbocycles. The van der Waals surface area contributed by atoms with E-state index in [0.717, 1.165) is 23.0 Å². The first-order chi connectivity index (χ1) is 10.1. The Bertz CT molecular complexity index is 501. The average Bonchev–Trinajstić information content (AvgIpc) is 3.00. The van der Waals surface area contributed by atoms with Gasteiger partial charge in [-0.15, -0.1) is 0 Å². The maximum atomic E-state index is 12.8. The highest BCUT2D eigenvalue weighted by Gasteiger charge is 2.21. The fourth-order valence-electron chi connectivity index (χ4n) is 2.11. The third-order valence-corrected chi connectivity index (χ3v) is 4.97. The quantitative estimate of drug-likeness (QED) is 0.862. The van der Waals surface area contributed by atoms with Gasteiger partial charge in [-0.05, 0) is 37.5 Å². The molecule has 1 aliphatic heterocycles. The number of carbonyl (C=O) groups is 1. The normalized spacial score (nSPS) is 15.8. The number of likely N-dealkylation sites (tertiary alicyclic amines) is 1. The monoisotopic (exact) mass is 326 g/mol. The predicted octanol–water partition coefficient (Wildman–Crippen LogP) is 2.94. The van der Waals surface area contributed by atoms with E-state index in [4.69, 9.17) is 12.2 Å². The molecule has 1 heterocycles. The van der Waals surface area contributed by atoms with Crippen LogP contribution in [0.3, 0.4) is 0 Å². The minimum Gasteiger partial charge on any atom is -0.358 e. The van der Waals surface area contributed by atoms with Crippen LogP contribution in [0.25, 0.3) is 0 Å². The van der Waals surface area contributed by atoms with E-state index in [1.807, 2.05) is 6.92 Å². The minimum absolute atomic E-state index is 0.0501. The van der Waals surface area contributed by atoms with Crippen molar-refractivity contribution in [1.82, 2.24) is 10.2 Å². The van der Waals surface area contributed by atoms with Gasteiger partial charge in [0.05, 0.1) is 5.25 Å². The van der Waals surface area contributed by atoms with Crippen molar-refractivity contribution >= 4 is 34.2 Å². The first kappa shape index (κ1) is 16.2. The number of hydrogen-bond acceptors (Lipinski definition) is 3. The lowest BCUT2D eigenvalue weighted by atomic mass is 10.2. The molecule has 3 nitrogen and oxygen atoms in total. The maximum absolute atomic E-state index is 12.8. The molecular weight excluding hydrogens is 307 g/mol. The summed E-state index contributed by atoms with van der Waals surface area (Å²) in [6.07, 6.45) is 2.34. The highest BCUT2D eigenvalue weighted by atomic mass is 32.2. The lowest BCUT2D eigenvalue weighted by molar-refractivity contribution is -0.120. The van der Waals surface area contributed by atoms with E-state index in [0.29, 0.717) is 6.54 Å². The van der Waals surface area contributed by atoms with Gasteiger partial charge < -0.3 is 10.2 Å². The van der Waals surface area contributed by atoms with E-state index in [-0.39, 0.29) is 17.0 Å². The smallest absolute Gasteiger partial charge is 0.233 e. The van der Waals surface area contributed by atoms with Crippen molar-refractivity contribution < 1.29 is 9.18 Å². The Labute approximate surface area is 134 Å². The van der Waals surface area contributed by atoms with Crippen LogP contribution in [0.2, 0.25) is 0 Å². The van der Waals surface area contributed by atoms with Gasteiger partial charge in [0, 0.05) is 19.6 Å². The number of thioether (sulfide) groups is 1. The van der Waals surface area contributed by atoms with Gasteiger partial charge in [-0.3, -0.25) is 4.79 Å². The van der Waals surface area contributed by atoms with Crippen LogP contribution in [0.15, 0.2) is 24.3 Å². The van der Waals surface area contributed by atoms with E-state index in [9.17, 15) is 9.18 Å². The van der Waals surface area contributed by atoms with Crippen molar-refractivity contribution in [3.8, 4) is 0 Å². The molecule has 0 bridgehead atoms. The lowest BCUT2D eigenvalue weighted by Crippen LogP contribution is -2.33. The second-order valence-electron chi connectivity index (χ2n) is 5.06. The molecule has 1 aromatic carbocycles. The zero-order chi connectivity index (χ0) is 15.2. The number of hydrogen-bond donors (Lipinski definition) is 1. The molecule has 114 valence electrons. The summed E-state index contributed by atoms with van der Waals surface area (Å²) in [6.45, 7) is 4.25. The molecule has 1 aromatic rings. The van der Waals surface area contributed by atoms with Gasteiger partial charge in [-0.25, -0.2) is 4.39 Å². The Morgan fingerprint density at radius 2 is 2.00 bits per heavy atom. The number of thiocarbonyl (C=S) groups is 1. The zero-order valence-electron chi connectivity index (χ0n) is 12.0. The van der Waals surface area contributed by atoms with Crippen LogP contribution in [0.5, 0.6) is 0 Å². The van der Waals surface area contributed by atoms with Crippen LogP contribution >= 0.6 is 24.0 Å². The summed E-state index contributed by atoms with van der Waals surface area (Å²) in [5.41, 5.74) is 0.879. The van der Waals surface area contributed by atoms with Gasteiger partial charge in [0.1, 0.15) is 10.1 Å². The summed E-state index contributed by atoms with van der Waals surface area (Å²) in [7, 11) is 0. The highest BCUT2D eigenvalue weighted by Crippen LogP contribution is 2.20. The van der Waals surface area contributed by atoms with Crippen LogP contribution in [-0.4, -0.2) is 33.5 Å². The van der Waals surface area contributed by atoms with Crippen LogP contribution < -0.4 is 5.32 Å². The molecular formula is C15H19FN2OS2. The van der Waals surface area contributed by atoms with Gasteiger partial charge in [0.25, 0.3) is 0 Å². The van der Waals surface area contributed by atoms with Crippen LogP contribution in [0.4, 0.5) is 4.39 Å². The van der Waals surface area contributed by atoms with Crippen molar-refractivity contribution in [3.05, 3.63) is 35.6 Å². The molecule has 6 heteroatoms. The molecule has 1 N–H and O–H groups in total. The molecule has 21 heavy (non-hydrogen) atoms. The first-order valence-electron chi connectivity index (χ1n) is 7.04. The molecule has 1 saturated heterocycles. The van der Waals surface area contributed by atoms with Gasteiger partial charge in [-0.1, -0.05) is 36.1 Å². The zero-order valence-corrected chi connectivity index (χ0v) is 13.6. The SMILES string of the molecule is C[C@@H](SC(=S)N1CCCC1)C(=O)NCc1ccc(F)cc1. The lowest BCUT2D eigenvalue weighted by Gasteiger charge is -2.20. The average molecular weight is 326 g/mol. The largest absolute Gasteiger partial charge is 0.358 e. The first-order valence-corrected chi connectivity index (χ1v) is 8.33. The third kappa shape index (κ3) is 4.97. The summed E-state index contributed by atoms with van der Waals surface area (Å²) >= 11 is 6.80. The number of rotatable bonds is 4. The number of nitrogens with zero attached hydrogens (tertiary/aromatic N) is 1. The molecule has 0 radical (unpaired) electrons. The molecule has 0 spiro atoms. The summed E-state index contributed by atoms with van der Waals surface area (Å²) in [5.74, 6) is -0.323. The van der Waals surface area contributed by atoms with E-state index < -0.39 is 0 Å². The molecule has 1 amide bonds. The van der Waals surface area contributed by atoms with Crippen LogP contribution in [0, 0.1) is 5.82 Å². The van der Waals surface area contributed by atoms with Gasteiger partial charge in [0.2, 0.25) is 5.91 Å². The molecule has 0 aromatic heterocycles. The van der Waals surface area contributed by atoms with E-state index >= 15 is 0 Å². The molecule has 0 unspecified atom stereocenters. The van der Waals surface area contributed by atoms with Crippen molar-refractivity contribution in [2.24, 2.45) is 0 Å². The number of benzene rings is 1. The van der Waals surface area contributed by atoms with Crippen molar-refractivity contribution in [2.75, 3.05) is 13.1 Å². The molecule has 2 rings (SSSR count). The van der Waals surface area contributed by atoms with E-state index in [2.05, 4.69) is 10.2 Å². The van der Waals surface area contributed by atoms with Gasteiger partial charge in [0.15, 0.2) is 0 Å². The molecule has 1 atom stereocenters. The van der Waals surface area contributed by atoms with Gasteiger partial charge in [-0.2, -0.15) is 0 Å². The predicted molar refractivity (Wildman–Crippen MR) is 88.7 cm³/mol. The number of amides is 1. The molecule has 0 aliphatic carbocycles. The maximum Gasteiger partial charge on any atom is 0.233 e. The third-order valence-electron chi connectivity index (χ3n) is 3.39. The summed E-state index contributed by atoms with van der Waals surface area (Å²) in [5, 5.41) is 2.63. The van der Waals surface area contributed by atoms with Crippen molar-refractivity contribution in [2.45, 2.75) is 31.6 Å². The number of carbonyl (C=O) groups excluding carboxylic acids is 1. The second-order valence-corrected chi connectivity index (χ2v) is 7.04. The van der Waals surface area contributed by atoms with E-state index in [1.165, 1.54) is 36.7 Å². The highest BCUT2D eigenvalue weighted by molar-refractivity contribution is 8.23. The molecule has 1 aliphatic rings. The van der Waals surface area contributed by atoms with Crippen LogP contribution in [0.1, 0.15) is 25.3 Å². The number of nitrogens with one attached hydrogen (secondary N) is 1. The van der Waals surface area contributed by atoms with Crippen molar-refractivity contribution in [1.29, 1.82) is 0 Å². The Morgan fingerprint density at radius 1 is 1.38 bits per heavy atom. The molecule has 1 fully saturated rings. The topological polar surface area (TPSA) is 32.3 Å². The van der Waals surface area contributed by atoms with E-state index in [1.54, 1.807) is 12.1 Å². The fraction of sp³-hybridized carbons (Fsp3) is 0.467. The second kappa shape index (κ2) is 7.75. The Morgan fingerprint density at radius 3 is 2.62 bits per heavy atom. The van der Waals surface area contributed by atoms with Gasteiger partial charge >= 0.3 is 0 Å². The Hall–Kier alpha value is -1.14. The summed E-state index contributed by atoms with van der Waals surface area (Å²) < 4.78 is 13.6. The standard InChI is InChI=1S/C15H19FN2OS2/c1-11(21-15(20)18-8-2-3-9-18)14(19)17-10-12-4-6-13(16)7-5-12/h4-7,11H,2-3,8-10H2,1H3,(H,17,19)/t11-/m1/s1. The summed E-state index contributed by atoms with van der Waals surface area (Å²) in [4.78, 5) is 14.2. The Balaban J connectivity index is 1.76. The number of halogens is 1.